The van der Waals surface area contributed by atoms with E-state index in [1.54, 1.807) is 22.8 Å². The molecule has 0 bridgehead atoms. The quantitative estimate of drug-likeness (QED) is 0.774. The summed E-state index contributed by atoms with van der Waals surface area (Å²) in [6.45, 7) is 4.73. The van der Waals surface area contributed by atoms with Crippen molar-refractivity contribution in [1.82, 2.24) is 9.80 Å². The number of rotatable bonds is 2. The fraction of sp³-hybridized carbons (Fsp3) is 0.412. The van der Waals surface area contributed by atoms with Gasteiger partial charge in [-0.15, -0.1) is 0 Å². The highest BCUT2D eigenvalue weighted by atomic mass is 16.5. The molecule has 1 saturated heterocycles. The predicted molar refractivity (Wildman–Crippen MR) is 83.5 cm³/mol. The lowest BCUT2D eigenvalue weighted by molar-refractivity contribution is -0.135. The lowest BCUT2D eigenvalue weighted by Crippen LogP contribution is -2.49. The molecule has 2 aliphatic heterocycles. The molecule has 0 radical (unpaired) electrons. The van der Waals surface area contributed by atoms with Crippen LogP contribution in [0.15, 0.2) is 24.3 Å². The van der Waals surface area contributed by atoms with Crippen molar-refractivity contribution in [3.63, 3.8) is 0 Å². The smallest absolute Gasteiger partial charge is 0.246 e. The predicted octanol–water partition coefficient (Wildman–Crippen LogP) is 1.33. The summed E-state index contributed by atoms with van der Waals surface area (Å²) in [5.41, 5.74) is 2.21. The summed E-state index contributed by atoms with van der Waals surface area (Å²) < 4.78 is 5.47. The first-order valence-corrected chi connectivity index (χ1v) is 7.62. The Balaban J connectivity index is 1.59. The van der Waals surface area contributed by atoms with E-state index in [0.29, 0.717) is 26.2 Å². The van der Waals surface area contributed by atoms with Crippen molar-refractivity contribution >= 4 is 17.9 Å². The highest BCUT2D eigenvalue weighted by Gasteiger charge is 2.20. The van der Waals surface area contributed by atoms with Crippen molar-refractivity contribution in [3.05, 3.63) is 35.4 Å². The molecule has 1 aromatic rings. The third kappa shape index (κ3) is 3.13. The van der Waals surface area contributed by atoms with Crippen molar-refractivity contribution in [2.24, 2.45) is 0 Å². The van der Waals surface area contributed by atoms with E-state index >= 15 is 0 Å². The molecule has 0 N–H and O–H groups in total. The van der Waals surface area contributed by atoms with Gasteiger partial charge in [0.15, 0.2) is 0 Å². The second-order valence-electron chi connectivity index (χ2n) is 5.63. The fourth-order valence-corrected chi connectivity index (χ4v) is 2.82. The number of carbonyl (C=O) groups is 2. The molecule has 2 aliphatic rings. The van der Waals surface area contributed by atoms with Crippen molar-refractivity contribution in [2.45, 2.75) is 13.3 Å². The van der Waals surface area contributed by atoms with Gasteiger partial charge in [-0.25, -0.2) is 0 Å². The van der Waals surface area contributed by atoms with Crippen molar-refractivity contribution in [3.8, 4) is 5.75 Å². The van der Waals surface area contributed by atoms with E-state index < -0.39 is 0 Å². The Morgan fingerprint density at radius 2 is 1.86 bits per heavy atom. The molecule has 0 atom stereocenters. The monoisotopic (exact) mass is 300 g/mol. The van der Waals surface area contributed by atoms with Crippen LogP contribution in [-0.4, -0.2) is 54.4 Å². The normalized spacial score (nSPS) is 17.5. The minimum absolute atomic E-state index is 0.0000458. The zero-order chi connectivity index (χ0) is 15.5. The van der Waals surface area contributed by atoms with Crippen molar-refractivity contribution in [1.29, 1.82) is 0 Å². The summed E-state index contributed by atoms with van der Waals surface area (Å²) in [5, 5.41) is 0. The summed E-state index contributed by atoms with van der Waals surface area (Å²) >= 11 is 0. The van der Waals surface area contributed by atoms with Crippen LogP contribution in [-0.2, 0) is 16.0 Å². The van der Waals surface area contributed by atoms with Crippen LogP contribution in [0.1, 0.15) is 18.1 Å². The van der Waals surface area contributed by atoms with Crippen molar-refractivity contribution < 1.29 is 14.3 Å². The van der Waals surface area contributed by atoms with Crippen LogP contribution >= 0.6 is 0 Å². The number of nitrogens with zero attached hydrogens (tertiary/aromatic N) is 2. The first kappa shape index (κ1) is 14.6. The molecule has 5 heteroatoms. The van der Waals surface area contributed by atoms with Crippen LogP contribution < -0.4 is 4.74 Å². The maximum atomic E-state index is 12.2. The van der Waals surface area contributed by atoms with Gasteiger partial charge in [-0.05, 0) is 29.3 Å². The van der Waals surface area contributed by atoms with Crippen LogP contribution in [0, 0.1) is 0 Å². The average Bonchev–Trinajstić information content (AvgIpc) is 3.00. The second kappa shape index (κ2) is 6.22. The Hall–Kier alpha value is -2.30. The van der Waals surface area contributed by atoms with E-state index in [9.17, 15) is 9.59 Å². The van der Waals surface area contributed by atoms with Gasteiger partial charge in [0.05, 0.1) is 6.61 Å². The summed E-state index contributed by atoms with van der Waals surface area (Å²) in [7, 11) is 0. The maximum absolute atomic E-state index is 12.2. The van der Waals surface area contributed by atoms with Gasteiger partial charge >= 0.3 is 0 Å². The van der Waals surface area contributed by atoms with E-state index in [1.165, 1.54) is 5.56 Å². The molecule has 116 valence electrons. The molecular formula is C17H20N2O3. The van der Waals surface area contributed by atoms with Gasteiger partial charge in [-0.3, -0.25) is 9.59 Å². The van der Waals surface area contributed by atoms with E-state index in [4.69, 9.17) is 4.74 Å². The number of amides is 2. The Labute approximate surface area is 130 Å². The standard InChI is InChI=1S/C17H20N2O3/c1-13(20)18-7-9-19(10-8-18)17(21)5-3-14-2-4-16-15(12-14)6-11-22-16/h2-5,12H,6-11H2,1H3/b5-3+. The Kier molecular flexibility index (Phi) is 4.13. The number of ether oxygens (including phenoxy) is 1. The highest BCUT2D eigenvalue weighted by Crippen LogP contribution is 2.26. The van der Waals surface area contributed by atoms with Gasteiger partial charge in [0.25, 0.3) is 0 Å². The van der Waals surface area contributed by atoms with Gasteiger partial charge < -0.3 is 14.5 Å². The van der Waals surface area contributed by atoms with Gasteiger partial charge in [-0.2, -0.15) is 0 Å². The molecule has 22 heavy (non-hydrogen) atoms. The molecule has 1 aromatic carbocycles. The zero-order valence-corrected chi connectivity index (χ0v) is 12.7. The van der Waals surface area contributed by atoms with Gasteiger partial charge in [0, 0.05) is 45.6 Å². The molecule has 3 rings (SSSR count). The van der Waals surface area contributed by atoms with E-state index in [-0.39, 0.29) is 11.8 Å². The minimum Gasteiger partial charge on any atom is -0.493 e. The van der Waals surface area contributed by atoms with E-state index in [2.05, 4.69) is 6.07 Å². The Bertz CT molecular complexity index is 616. The molecule has 0 unspecified atom stereocenters. The molecule has 1 fully saturated rings. The average molecular weight is 300 g/mol. The number of fused-ring (bicyclic) bond motifs is 1. The lowest BCUT2D eigenvalue weighted by atomic mass is 10.1. The third-order valence-corrected chi connectivity index (χ3v) is 4.17. The zero-order valence-electron chi connectivity index (χ0n) is 12.7. The lowest BCUT2D eigenvalue weighted by Gasteiger charge is -2.33. The molecule has 2 heterocycles. The van der Waals surface area contributed by atoms with Gasteiger partial charge in [0.1, 0.15) is 5.75 Å². The largest absolute Gasteiger partial charge is 0.493 e. The molecule has 0 saturated carbocycles. The number of hydrogen-bond acceptors (Lipinski definition) is 3. The van der Waals surface area contributed by atoms with Crippen LogP contribution in [0.4, 0.5) is 0 Å². The molecular weight excluding hydrogens is 280 g/mol. The number of carbonyl (C=O) groups excluding carboxylic acids is 2. The van der Waals surface area contributed by atoms with E-state index in [1.807, 2.05) is 18.2 Å². The molecule has 0 aromatic heterocycles. The Morgan fingerprint density at radius 1 is 1.14 bits per heavy atom. The topological polar surface area (TPSA) is 49.9 Å². The molecule has 5 nitrogen and oxygen atoms in total. The van der Waals surface area contributed by atoms with Crippen LogP contribution in [0.3, 0.4) is 0 Å². The summed E-state index contributed by atoms with van der Waals surface area (Å²) in [6, 6.07) is 5.99. The van der Waals surface area contributed by atoms with Crippen LogP contribution in [0.2, 0.25) is 0 Å². The summed E-state index contributed by atoms with van der Waals surface area (Å²) in [6.07, 6.45) is 4.39. The third-order valence-electron chi connectivity index (χ3n) is 4.17. The maximum Gasteiger partial charge on any atom is 0.246 e. The first-order valence-electron chi connectivity index (χ1n) is 7.62. The van der Waals surface area contributed by atoms with Gasteiger partial charge in [0.2, 0.25) is 11.8 Å². The summed E-state index contributed by atoms with van der Waals surface area (Å²) in [5.74, 6) is 1.02. The van der Waals surface area contributed by atoms with Gasteiger partial charge in [-0.1, -0.05) is 6.07 Å². The number of piperazine rings is 1. The fourth-order valence-electron chi connectivity index (χ4n) is 2.82. The number of benzene rings is 1. The van der Waals surface area contributed by atoms with E-state index in [0.717, 1.165) is 24.3 Å². The second-order valence-corrected chi connectivity index (χ2v) is 5.63. The first-order chi connectivity index (χ1) is 10.6. The highest BCUT2D eigenvalue weighted by molar-refractivity contribution is 5.92. The minimum atomic E-state index is -0.0000458. The number of hydrogen-bond donors (Lipinski definition) is 0. The molecule has 0 aliphatic carbocycles. The van der Waals surface area contributed by atoms with Crippen LogP contribution in [0.5, 0.6) is 5.75 Å². The Morgan fingerprint density at radius 3 is 2.59 bits per heavy atom. The summed E-state index contributed by atoms with van der Waals surface area (Å²) in [4.78, 5) is 27.0. The molecule has 0 spiro atoms. The molecule has 2 amide bonds. The van der Waals surface area contributed by atoms with Crippen LogP contribution in [0.25, 0.3) is 6.08 Å². The SMILES string of the molecule is CC(=O)N1CCN(C(=O)/C=C/c2ccc3c(c2)CCO3)CC1. The van der Waals surface area contributed by atoms with Crippen molar-refractivity contribution in [2.75, 3.05) is 32.8 Å².